The van der Waals surface area contributed by atoms with Crippen molar-refractivity contribution in [2.24, 2.45) is 0 Å². The predicted molar refractivity (Wildman–Crippen MR) is 27.1 cm³/mol. The number of rotatable bonds is 2. The lowest BCUT2D eigenvalue weighted by atomic mass is 10.9. The molecule has 0 saturated carbocycles. The van der Waals surface area contributed by atoms with Crippen molar-refractivity contribution >= 4 is 0 Å². The van der Waals surface area contributed by atoms with E-state index in [1.54, 1.807) is 0 Å². The van der Waals surface area contributed by atoms with Crippen molar-refractivity contribution in [2.75, 3.05) is 6.61 Å². The average Bonchev–Trinajstić information content (AvgIpc) is 2.19. The van der Waals surface area contributed by atoms with Gasteiger partial charge in [0.2, 0.25) is 0 Å². The Hall–Kier alpha value is -1.06. The first-order valence-electron chi connectivity index (χ1n) is 2.41. The van der Waals surface area contributed by atoms with Gasteiger partial charge in [0, 0.05) is 0 Å². The molecular formula is C4H7N3O. The summed E-state index contributed by atoms with van der Waals surface area (Å²) in [6.07, 6.45) is 2.93. The summed E-state index contributed by atoms with van der Waals surface area (Å²) in [6.45, 7) is 2.50. The minimum Gasteiger partial charge on any atom is -0.396 e. The third-order valence-corrected chi connectivity index (χ3v) is 0.659. The average molecular weight is 113 g/mol. The predicted octanol–water partition coefficient (Wildman–Crippen LogP) is -0.273. The summed E-state index contributed by atoms with van der Waals surface area (Å²) in [5, 5.41) is 3.69. The summed E-state index contributed by atoms with van der Waals surface area (Å²) in [7, 11) is 0. The van der Waals surface area contributed by atoms with Crippen LogP contribution in [0, 0.1) is 0 Å². The van der Waals surface area contributed by atoms with Crippen molar-refractivity contribution < 1.29 is 4.84 Å². The number of hydrogen-bond acceptors (Lipinski definition) is 3. The maximum absolute atomic E-state index is 4.89. The first-order chi connectivity index (χ1) is 3.93. The highest BCUT2D eigenvalue weighted by atomic mass is 16.7. The molecule has 4 nitrogen and oxygen atoms in total. The summed E-state index contributed by atoms with van der Waals surface area (Å²) in [4.78, 5) is 9.88. The zero-order chi connectivity index (χ0) is 5.82. The molecule has 44 valence electrons. The van der Waals surface area contributed by atoms with Gasteiger partial charge in [0.25, 0.3) is 0 Å². The van der Waals surface area contributed by atoms with Crippen LogP contribution in [0.3, 0.4) is 0 Å². The Bertz CT molecular complexity index is 137. The van der Waals surface area contributed by atoms with Gasteiger partial charge in [-0.05, 0) is 6.92 Å². The molecule has 1 rings (SSSR count). The van der Waals surface area contributed by atoms with Gasteiger partial charge in [-0.3, -0.25) is 0 Å². The van der Waals surface area contributed by atoms with Crippen LogP contribution in [0.5, 0.6) is 0 Å². The van der Waals surface area contributed by atoms with Crippen molar-refractivity contribution in [3.63, 3.8) is 0 Å². The van der Waals surface area contributed by atoms with Crippen LogP contribution in [0.15, 0.2) is 12.7 Å². The van der Waals surface area contributed by atoms with E-state index in [0.29, 0.717) is 6.61 Å². The molecule has 1 aromatic rings. The first kappa shape index (κ1) is 5.08. The molecule has 0 atom stereocenters. The van der Waals surface area contributed by atoms with E-state index < -0.39 is 0 Å². The molecule has 0 saturated heterocycles. The molecule has 0 N–H and O–H groups in total. The van der Waals surface area contributed by atoms with Crippen LogP contribution in [0.25, 0.3) is 0 Å². The summed E-state index contributed by atoms with van der Waals surface area (Å²) >= 11 is 0. The fourth-order valence-electron chi connectivity index (χ4n) is 0.396. The van der Waals surface area contributed by atoms with Crippen LogP contribution in [0.4, 0.5) is 0 Å². The fourth-order valence-corrected chi connectivity index (χ4v) is 0.396. The molecule has 0 aliphatic rings. The highest BCUT2D eigenvalue weighted by molar-refractivity contribution is 4.48. The number of hydrogen-bond donors (Lipinski definition) is 0. The standard InChI is InChI=1S/C4H7N3O/c1-2-8-7-4-5-3-6-7/h3-4H,2H2,1H3. The van der Waals surface area contributed by atoms with Crippen LogP contribution in [0.2, 0.25) is 0 Å². The Labute approximate surface area is 47.1 Å². The molecule has 0 aliphatic carbocycles. The second-order valence-electron chi connectivity index (χ2n) is 1.22. The Morgan fingerprint density at radius 3 is 3.12 bits per heavy atom. The topological polar surface area (TPSA) is 39.9 Å². The molecule has 0 aromatic carbocycles. The van der Waals surface area contributed by atoms with Gasteiger partial charge in [-0.2, -0.15) is 0 Å². The van der Waals surface area contributed by atoms with Crippen molar-refractivity contribution in [1.82, 2.24) is 14.9 Å². The first-order valence-corrected chi connectivity index (χ1v) is 2.41. The van der Waals surface area contributed by atoms with E-state index in [1.165, 1.54) is 17.5 Å². The van der Waals surface area contributed by atoms with E-state index in [-0.39, 0.29) is 0 Å². The molecule has 1 heterocycles. The van der Waals surface area contributed by atoms with Gasteiger partial charge in [-0.15, -0.1) is 5.10 Å². The molecule has 1 aromatic heterocycles. The molecule has 0 amide bonds. The number of nitrogens with zero attached hydrogens (tertiary/aromatic N) is 3. The normalized spacial score (nSPS) is 9.12. The van der Waals surface area contributed by atoms with Gasteiger partial charge < -0.3 is 4.84 Å². The van der Waals surface area contributed by atoms with Gasteiger partial charge in [0.1, 0.15) is 12.9 Å². The largest absolute Gasteiger partial charge is 0.396 e. The van der Waals surface area contributed by atoms with E-state index in [2.05, 4.69) is 10.1 Å². The lowest BCUT2D eigenvalue weighted by Gasteiger charge is -1.95. The van der Waals surface area contributed by atoms with Crippen LogP contribution in [-0.4, -0.2) is 21.5 Å². The minimum atomic E-state index is 0.614. The second kappa shape index (κ2) is 2.30. The van der Waals surface area contributed by atoms with Crippen molar-refractivity contribution in [3.8, 4) is 0 Å². The van der Waals surface area contributed by atoms with Crippen molar-refractivity contribution in [1.29, 1.82) is 0 Å². The van der Waals surface area contributed by atoms with Gasteiger partial charge in [-0.25, -0.2) is 4.98 Å². The van der Waals surface area contributed by atoms with Crippen molar-refractivity contribution in [3.05, 3.63) is 12.7 Å². The lowest BCUT2D eigenvalue weighted by Crippen LogP contribution is -2.10. The maximum Gasteiger partial charge on any atom is 0.155 e. The van der Waals surface area contributed by atoms with Crippen LogP contribution >= 0.6 is 0 Å². The smallest absolute Gasteiger partial charge is 0.155 e. The summed E-state index contributed by atoms with van der Waals surface area (Å²) in [5.41, 5.74) is 0. The monoisotopic (exact) mass is 113 g/mol. The third-order valence-electron chi connectivity index (χ3n) is 0.659. The van der Waals surface area contributed by atoms with E-state index in [4.69, 9.17) is 4.84 Å². The Morgan fingerprint density at radius 2 is 2.62 bits per heavy atom. The van der Waals surface area contributed by atoms with Crippen LogP contribution in [0.1, 0.15) is 6.92 Å². The summed E-state index contributed by atoms with van der Waals surface area (Å²) in [5.74, 6) is 0. The van der Waals surface area contributed by atoms with Crippen molar-refractivity contribution in [2.45, 2.75) is 6.92 Å². The lowest BCUT2D eigenvalue weighted by molar-refractivity contribution is 0.0920. The quantitative estimate of drug-likeness (QED) is 0.530. The SMILES string of the molecule is CCOn1cncn1. The maximum atomic E-state index is 4.89. The molecule has 0 unspecified atom stereocenters. The zero-order valence-electron chi connectivity index (χ0n) is 4.61. The summed E-state index contributed by atoms with van der Waals surface area (Å²) in [6, 6.07) is 0. The van der Waals surface area contributed by atoms with Crippen LogP contribution < -0.4 is 4.84 Å². The van der Waals surface area contributed by atoms with E-state index in [0.717, 1.165) is 0 Å². The highest BCUT2D eigenvalue weighted by Crippen LogP contribution is 1.70. The van der Waals surface area contributed by atoms with Crippen LogP contribution in [-0.2, 0) is 0 Å². The van der Waals surface area contributed by atoms with Gasteiger partial charge >= 0.3 is 0 Å². The molecule has 0 fully saturated rings. The highest BCUT2D eigenvalue weighted by Gasteiger charge is 1.82. The Morgan fingerprint density at radius 1 is 1.75 bits per heavy atom. The molecule has 0 radical (unpaired) electrons. The van der Waals surface area contributed by atoms with Gasteiger partial charge in [0.15, 0.2) is 6.33 Å². The molecular weight excluding hydrogens is 106 g/mol. The van der Waals surface area contributed by atoms with E-state index in [1.807, 2.05) is 6.92 Å². The molecule has 0 aliphatic heterocycles. The fraction of sp³-hybridized carbons (Fsp3) is 0.500. The van der Waals surface area contributed by atoms with Gasteiger partial charge in [0.05, 0.1) is 0 Å². The molecule has 0 bridgehead atoms. The molecule has 4 heteroatoms. The Kier molecular flexibility index (Phi) is 1.46. The Balaban J connectivity index is 2.50. The zero-order valence-corrected chi connectivity index (χ0v) is 4.61. The summed E-state index contributed by atoms with van der Waals surface area (Å²) < 4.78 is 0. The number of aromatic nitrogens is 3. The second-order valence-corrected chi connectivity index (χ2v) is 1.22. The third kappa shape index (κ3) is 0.959. The minimum absolute atomic E-state index is 0.614. The van der Waals surface area contributed by atoms with E-state index >= 15 is 0 Å². The molecule has 0 spiro atoms. The molecule has 8 heavy (non-hydrogen) atoms. The van der Waals surface area contributed by atoms with Gasteiger partial charge in [-0.1, -0.05) is 4.85 Å². The van der Waals surface area contributed by atoms with E-state index in [9.17, 15) is 0 Å².